The number of nitrogens with zero attached hydrogens (tertiary/aromatic N) is 2. The highest BCUT2D eigenvalue weighted by Gasteiger charge is 2.08. The topological polar surface area (TPSA) is 54.5 Å². The zero-order valence-corrected chi connectivity index (χ0v) is 10.9. The molecule has 2 aromatic rings. The fourth-order valence-electron chi connectivity index (χ4n) is 2.01. The van der Waals surface area contributed by atoms with Crippen LogP contribution in [0.25, 0.3) is 11.6 Å². The van der Waals surface area contributed by atoms with Crippen LogP contribution in [0.3, 0.4) is 0 Å². The number of carbonyl (C=O) groups excluding carboxylic acids is 1. The number of fused-ring (bicyclic) bond motifs is 1. The minimum absolute atomic E-state index is 0.348. The lowest BCUT2D eigenvalue weighted by molar-refractivity contribution is -0.137. The van der Waals surface area contributed by atoms with Crippen molar-refractivity contribution in [1.82, 2.24) is 4.40 Å². The number of nitriles is 1. The zero-order chi connectivity index (χ0) is 13.8. The lowest BCUT2D eigenvalue weighted by Gasteiger charge is -2.03. The summed E-state index contributed by atoms with van der Waals surface area (Å²) in [5.41, 5.74) is 3.22. The summed E-state index contributed by atoms with van der Waals surface area (Å²) in [4.78, 5) is 11.3. The van der Waals surface area contributed by atoms with Crippen LogP contribution in [0.5, 0.6) is 0 Å². The van der Waals surface area contributed by atoms with E-state index in [0.29, 0.717) is 12.2 Å². The van der Waals surface area contributed by atoms with Crippen molar-refractivity contribution in [1.29, 1.82) is 5.26 Å². The number of aromatic nitrogens is 1. The van der Waals surface area contributed by atoms with Crippen LogP contribution in [-0.2, 0) is 9.53 Å². The van der Waals surface area contributed by atoms with E-state index in [2.05, 4.69) is 6.07 Å². The number of aryl methyl sites for hydroxylation is 1. The minimum Gasteiger partial charge on any atom is -0.463 e. The highest BCUT2D eigenvalue weighted by molar-refractivity contribution is 5.87. The Morgan fingerprint density at radius 2 is 2.32 bits per heavy atom. The van der Waals surface area contributed by atoms with Gasteiger partial charge in [0.25, 0.3) is 0 Å². The van der Waals surface area contributed by atoms with Crippen molar-refractivity contribution >= 4 is 17.6 Å². The van der Waals surface area contributed by atoms with Crippen molar-refractivity contribution in [3.63, 3.8) is 0 Å². The summed E-state index contributed by atoms with van der Waals surface area (Å²) in [5.74, 6) is -0.385. The van der Waals surface area contributed by atoms with Crippen molar-refractivity contribution in [3.05, 3.63) is 47.3 Å². The van der Waals surface area contributed by atoms with Gasteiger partial charge in [0.2, 0.25) is 0 Å². The number of carbonyl (C=O) groups is 1. The van der Waals surface area contributed by atoms with Crippen molar-refractivity contribution in [2.45, 2.75) is 13.8 Å². The molecule has 0 saturated carbocycles. The van der Waals surface area contributed by atoms with Crippen molar-refractivity contribution < 1.29 is 9.53 Å². The Labute approximate surface area is 111 Å². The second-order valence-electron chi connectivity index (χ2n) is 4.07. The monoisotopic (exact) mass is 254 g/mol. The third-order valence-corrected chi connectivity index (χ3v) is 2.81. The van der Waals surface area contributed by atoms with Crippen LogP contribution in [0.4, 0.5) is 0 Å². The Bertz CT molecular complexity index is 690. The highest BCUT2D eigenvalue weighted by atomic mass is 16.5. The van der Waals surface area contributed by atoms with E-state index in [9.17, 15) is 4.79 Å². The number of ether oxygens (including phenoxy) is 1. The Kier molecular flexibility index (Phi) is 3.67. The van der Waals surface area contributed by atoms with E-state index in [4.69, 9.17) is 10.00 Å². The molecule has 2 aromatic heterocycles. The minimum atomic E-state index is -0.385. The lowest BCUT2D eigenvalue weighted by Crippen LogP contribution is -1.99. The second-order valence-corrected chi connectivity index (χ2v) is 4.07. The van der Waals surface area contributed by atoms with Gasteiger partial charge in [0.15, 0.2) is 0 Å². The molecule has 4 nitrogen and oxygen atoms in total. The van der Waals surface area contributed by atoms with Gasteiger partial charge in [-0.05, 0) is 38.1 Å². The molecule has 0 aliphatic carbocycles. The van der Waals surface area contributed by atoms with E-state index in [1.807, 2.05) is 29.5 Å². The lowest BCUT2D eigenvalue weighted by atomic mass is 10.2. The SMILES string of the molecule is CCOC(=O)/C=C/c1cc(C#N)c2cccc(C)n12. The molecule has 19 heavy (non-hydrogen) atoms. The van der Waals surface area contributed by atoms with Crippen LogP contribution in [-0.4, -0.2) is 17.0 Å². The standard InChI is InChI=1S/C15H14N2O2/c1-3-19-15(18)8-7-13-9-12(10-16)14-6-4-5-11(2)17(13)14/h4-9H,3H2,1-2H3/b8-7+. The van der Waals surface area contributed by atoms with Crippen molar-refractivity contribution in [3.8, 4) is 6.07 Å². The smallest absolute Gasteiger partial charge is 0.330 e. The summed E-state index contributed by atoms with van der Waals surface area (Å²) in [6, 6.07) is 9.66. The molecular weight excluding hydrogens is 240 g/mol. The first-order valence-corrected chi connectivity index (χ1v) is 6.03. The Hall–Kier alpha value is -2.54. The molecule has 0 aromatic carbocycles. The van der Waals surface area contributed by atoms with E-state index in [1.54, 1.807) is 19.1 Å². The summed E-state index contributed by atoms with van der Waals surface area (Å²) >= 11 is 0. The van der Waals surface area contributed by atoms with Gasteiger partial charge >= 0.3 is 5.97 Å². The van der Waals surface area contributed by atoms with Crippen LogP contribution < -0.4 is 0 Å². The van der Waals surface area contributed by atoms with Crippen LogP contribution in [0.15, 0.2) is 30.3 Å². The molecule has 2 heterocycles. The molecule has 4 heteroatoms. The van der Waals surface area contributed by atoms with Crippen LogP contribution in [0.1, 0.15) is 23.9 Å². The van der Waals surface area contributed by atoms with E-state index in [1.165, 1.54) is 6.08 Å². The predicted octanol–water partition coefficient (Wildman–Crippen LogP) is 2.70. The third-order valence-electron chi connectivity index (χ3n) is 2.81. The maximum atomic E-state index is 11.3. The molecule has 0 N–H and O–H groups in total. The van der Waals surface area contributed by atoms with Crippen LogP contribution >= 0.6 is 0 Å². The maximum Gasteiger partial charge on any atom is 0.330 e. The summed E-state index contributed by atoms with van der Waals surface area (Å²) < 4.78 is 6.78. The largest absolute Gasteiger partial charge is 0.463 e. The van der Waals surface area contributed by atoms with E-state index < -0.39 is 0 Å². The third kappa shape index (κ3) is 2.50. The molecule has 0 spiro atoms. The molecule has 0 aliphatic rings. The fraction of sp³-hybridized carbons (Fsp3) is 0.200. The molecular formula is C15H14N2O2. The van der Waals surface area contributed by atoms with E-state index >= 15 is 0 Å². The molecule has 0 aliphatic heterocycles. The predicted molar refractivity (Wildman–Crippen MR) is 72.5 cm³/mol. The number of rotatable bonds is 3. The quantitative estimate of drug-likeness (QED) is 0.625. The average Bonchev–Trinajstić information content (AvgIpc) is 2.76. The highest BCUT2D eigenvalue weighted by Crippen LogP contribution is 2.19. The van der Waals surface area contributed by atoms with Crippen LogP contribution in [0.2, 0.25) is 0 Å². The van der Waals surface area contributed by atoms with Gasteiger partial charge in [0.1, 0.15) is 6.07 Å². The van der Waals surface area contributed by atoms with Gasteiger partial charge in [-0.2, -0.15) is 5.26 Å². The van der Waals surface area contributed by atoms with Gasteiger partial charge in [0.05, 0.1) is 17.7 Å². The fourth-order valence-corrected chi connectivity index (χ4v) is 2.01. The number of esters is 1. The summed E-state index contributed by atoms with van der Waals surface area (Å²) in [6.45, 7) is 4.06. The van der Waals surface area contributed by atoms with Crippen molar-refractivity contribution in [2.24, 2.45) is 0 Å². The normalized spacial score (nSPS) is 10.8. The summed E-state index contributed by atoms with van der Waals surface area (Å²) in [6.07, 6.45) is 3.04. The molecule has 0 radical (unpaired) electrons. The van der Waals surface area contributed by atoms with Crippen LogP contribution in [0, 0.1) is 18.3 Å². The van der Waals surface area contributed by atoms with Gasteiger partial charge in [-0.1, -0.05) is 6.07 Å². The first-order chi connectivity index (χ1) is 9.17. The Balaban J connectivity index is 2.50. The van der Waals surface area contributed by atoms with Gasteiger partial charge in [-0.3, -0.25) is 0 Å². The maximum absolute atomic E-state index is 11.3. The molecule has 0 saturated heterocycles. The van der Waals surface area contributed by atoms with E-state index in [-0.39, 0.29) is 5.97 Å². The van der Waals surface area contributed by atoms with Crippen molar-refractivity contribution in [2.75, 3.05) is 6.61 Å². The van der Waals surface area contributed by atoms with E-state index in [0.717, 1.165) is 16.9 Å². The molecule has 0 atom stereocenters. The summed E-state index contributed by atoms with van der Waals surface area (Å²) in [7, 11) is 0. The number of hydrogen-bond donors (Lipinski definition) is 0. The summed E-state index contributed by atoms with van der Waals surface area (Å²) in [5, 5.41) is 9.12. The molecule has 96 valence electrons. The Morgan fingerprint density at radius 3 is 3.00 bits per heavy atom. The number of hydrogen-bond acceptors (Lipinski definition) is 3. The first kappa shape index (κ1) is 12.9. The Morgan fingerprint density at radius 1 is 1.53 bits per heavy atom. The molecule has 2 rings (SSSR count). The van der Waals surface area contributed by atoms with Gasteiger partial charge in [-0.25, -0.2) is 4.79 Å². The molecule has 0 fully saturated rings. The second kappa shape index (κ2) is 5.40. The van der Waals surface area contributed by atoms with Gasteiger partial charge < -0.3 is 9.14 Å². The number of pyridine rings is 1. The molecule has 0 bridgehead atoms. The van der Waals surface area contributed by atoms with Gasteiger partial charge in [-0.15, -0.1) is 0 Å². The average molecular weight is 254 g/mol. The first-order valence-electron chi connectivity index (χ1n) is 6.03. The molecule has 0 unspecified atom stereocenters. The van der Waals surface area contributed by atoms with Gasteiger partial charge in [0, 0.05) is 17.5 Å². The zero-order valence-electron chi connectivity index (χ0n) is 10.9. The molecule has 0 amide bonds.